The average molecular weight is 1200 g/mol. The Morgan fingerprint density at radius 1 is 0.455 bits per heavy atom. The van der Waals surface area contributed by atoms with Crippen LogP contribution in [0.4, 0.5) is 11.6 Å². The van der Waals surface area contributed by atoms with E-state index in [1.165, 1.54) is 19.0 Å². The number of anilines is 2. The smallest absolute Gasteiger partial charge is 0.338 e. The minimum Gasteiger partial charge on any atom is -0.459 e. The van der Waals surface area contributed by atoms with Crippen LogP contribution in [0.15, 0.2) is 177 Å². The maximum Gasteiger partial charge on any atom is 0.338 e. The molecule has 7 heterocycles. The van der Waals surface area contributed by atoms with Gasteiger partial charge in [0, 0.05) is 5.92 Å². The van der Waals surface area contributed by atoms with Crippen LogP contribution in [0.2, 0.25) is 0 Å². The van der Waals surface area contributed by atoms with Gasteiger partial charge in [-0.1, -0.05) is 105 Å². The quantitative estimate of drug-likeness (QED) is 0.0625. The Labute approximate surface area is 503 Å². The number of hydrogen-bond donors (Lipinski definition) is 4. The van der Waals surface area contributed by atoms with E-state index in [-0.39, 0.29) is 30.8 Å². The fraction of sp³-hybridized carbons (Fsp3) is 0.286. The second kappa shape index (κ2) is 28.0. The first-order valence-electron chi connectivity index (χ1n) is 28.1. The number of fused-ring (bicyclic) bond motifs is 2. The summed E-state index contributed by atoms with van der Waals surface area (Å²) in [4.78, 5) is 87.9. The molecular formula is C63H62N10O15. The lowest BCUT2D eigenvalue weighted by Gasteiger charge is -2.24. The normalized spacial score (nSPS) is 23.6. The van der Waals surface area contributed by atoms with Crippen molar-refractivity contribution in [3.63, 3.8) is 0 Å². The van der Waals surface area contributed by atoms with E-state index in [0.717, 1.165) is 0 Å². The molecule has 12 rings (SSSR count). The number of aliphatic hydroxyl groups is 2. The van der Waals surface area contributed by atoms with Crippen molar-refractivity contribution in [2.24, 2.45) is 5.92 Å². The van der Waals surface area contributed by atoms with Gasteiger partial charge in [0.1, 0.15) is 73.6 Å². The molecule has 454 valence electrons. The lowest BCUT2D eigenvalue weighted by Crippen LogP contribution is -2.41. The van der Waals surface area contributed by atoms with E-state index >= 15 is 0 Å². The van der Waals surface area contributed by atoms with E-state index in [9.17, 15) is 34.2 Å². The van der Waals surface area contributed by atoms with Gasteiger partial charge >= 0.3 is 29.8 Å². The molecule has 25 heteroatoms. The number of hydrogen-bond acceptors (Lipinski definition) is 23. The van der Waals surface area contributed by atoms with Crippen LogP contribution in [0.5, 0.6) is 0 Å². The van der Waals surface area contributed by atoms with Gasteiger partial charge in [-0.2, -0.15) is 0 Å². The number of aromatic nitrogens is 8. The van der Waals surface area contributed by atoms with Crippen LogP contribution in [0.3, 0.4) is 0 Å². The predicted octanol–water partition coefficient (Wildman–Crippen LogP) is 6.54. The van der Waals surface area contributed by atoms with Gasteiger partial charge in [-0.15, -0.1) is 0 Å². The van der Waals surface area contributed by atoms with Crippen molar-refractivity contribution >= 4 is 63.8 Å². The molecule has 9 aromatic rings. The molecule has 25 nitrogen and oxygen atoms in total. The number of carbonyl (C=O) groups excluding carboxylic acids is 5. The highest BCUT2D eigenvalue weighted by molar-refractivity contribution is 5.92. The van der Waals surface area contributed by atoms with Crippen LogP contribution >= 0.6 is 0 Å². The second-order valence-electron chi connectivity index (χ2n) is 20.6. The maximum atomic E-state index is 12.9. The summed E-state index contributed by atoms with van der Waals surface area (Å²) in [6.45, 7) is 5.21. The maximum absolute atomic E-state index is 12.9. The Bertz CT molecular complexity index is 3830. The molecule has 3 aliphatic rings. The first kappa shape index (κ1) is 61.1. The minimum absolute atomic E-state index is 0.106. The topological polar surface area (TPSA) is 339 Å². The highest BCUT2D eigenvalue weighted by atomic mass is 16.7. The van der Waals surface area contributed by atoms with Gasteiger partial charge in [-0.05, 0) is 74.0 Å². The van der Waals surface area contributed by atoms with Crippen LogP contribution in [0, 0.1) is 5.92 Å². The average Bonchev–Trinajstić information content (AvgIpc) is 1.85. The molecule has 0 spiro atoms. The van der Waals surface area contributed by atoms with E-state index in [1.807, 2.05) is 26.0 Å². The summed E-state index contributed by atoms with van der Waals surface area (Å²) in [5.74, 6) is -2.48. The summed E-state index contributed by atoms with van der Waals surface area (Å²) in [7, 11) is 0. The number of nitrogens with two attached hydrogens (primary N) is 2. The number of ether oxygens (including phenoxy) is 8. The number of esters is 5. The largest absolute Gasteiger partial charge is 0.459 e. The molecule has 3 saturated heterocycles. The van der Waals surface area contributed by atoms with Gasteiger partial charge in [0.25, 0.3) is 0 Å². The van der Waals surface area contributed by atoms with Gasteiger partial charge in [-0.25, -0.2) is 53.9 Å². The molecule has 88 heavy (non-hydrogen) atoms. The molecule has 3 fully saturated rings. The number of carbonyl (C=O) groups is 5. The number of nitrogen functional groups attached to an aromatic ring is 2. The molecule has 12 atom stereocenters. The van der Waals surface area contributed by atoms with Crippen LogP contribution in [0.25, 0.3) is 22.3 Å². The van der Waals surface area contributed by atoms with Gasteiger partial charge < -0.3 is 59.6 Å². The zero-order valence-electron chi connectivity index (χ0n) is 47.7. The fourth-order valence-electron chi connectivity index (χ4n) is 10.2. The van der Waals surface area contributed by atoms with Crippen molar-refractivity contribution in [3.05, 3.63) is 205 Å². The molecule has 0 radical (unpaired) electrons. The zero-order valence-corrected chi connectivity index (χ0v) is 47.7. The lowest BCUT2D eigenvalue weighted by atomic mass is 10.0. The van der Waals surface area contributed by atoms with E-state index < -0.39 is 97.2 Å². The van der Waals surface area contributed by atoms with E-state index in [4.69, 9.17) is 49.4 Å². The van der Waals surface area contributed by atoms with Crippen LogP contribution in [0.1, 0.15) is 91.4 Å². The molecule has 0 amide bonds. The van der Waals surface area contributed by atoms with Gasteiger partial charge in [0.2, 0.25) is 0 Å². The van der Waals surface area contributed by atoms with E-state index in [1.54, 1.807) is 162 Å². The zero-order chi connectivity index (χ0) is 61.8. The van der Waals surface area contributed by atoms with Crippen molar-refractivity contribution < 1.29 is 72.1 Å². The molecular weight excluding hydrogens is 1140 g/mol. The molecule has 3 unspecified atom stereocenters. The molecule has 5 aromatic carbocycles. The van der Waals surface area contributed by atoms with Crippen molar-refractivity contribution in [1.29, 1.82) is 0 Å². The summed E-state index contributed by atoms with van der Waals surface area (Å²) < 4.78 is 49.4. The van der Waals surface area contributed by atoms with E-state index in [0.29, 0.717) is 56.6 Å². The van der Waals surface area contributed by atoms with Crippen molar-refractivity contribution in [3.8, 4) is 0 Å². The predicted molar refractivity (Wildman–Crippen MR) is 313 cm³/mol. The third kappa shape index (κ3) is 13.8. The summed E-state index contributed by atoms with van der Waals surface area (Å²) >= 11 is 0. The van der Waals surface area contributed by atoms with Crippen LogP contribution in [-0.2, 0) is 37.9 Å². The summed E-state index contributed by atoms with van der Waals surface area (Å²) in [6, 6.07) is 42.8. The van der Waals surface area contributed by atoms with Gasteiger partial charge in [0.15, 0.2) is 41.4 Å². The Morgan fingerprint density at radius 3 is 1.23 bits per heavy atom. The SMILES string of the molecule is CC1[C@H](OC(=O)c2ccccc2)[C@H](COC(=O)c2ccccc2)O[C@@H]1n1cnc2c(N)ncnc21.CC[C@@H]1O[C@H](n2cnc3c(N)ncnc32)C(O)[C@@H]1O.C[C@H]1O[C@@H](COC(=O)c2ccccc2)[C@@H](OC(=O)c2ccccc2)C1OC(=O)c1ccccc1. The Hall–Kier alpha value is -10.1. The van der Waals surface area contributed by atoms with Crippen LogP contribution in [-0.4, -0.2) is 147 Å². The number of imidazole rings is 2. The Kier molecular flexibility index (Phi) is 19.4. The number of benzene rings is 5. The molecule has 0 saturated carbocycles. The minimum atomic E-state index is -1.03. The first-order valence-corrected chi connectivity index (χ1v) is 28.1. The first-order chi connectivity index (χ1) is 42.7. The number of rotatable bonds is 15. The monoisotopic (exact) mass is 1200 g/mol. The molecule has 0 aliphatic carbocycles. The second-order valence-corrected chi connectivity index (χ2v) is 20.6. The van der Waals surface area contributed by atoms with Gasteiger partial charge in [-0.3, -0.25) is 9.13 Å². The van der Waals surface area contributed by atoms with Crippen molar-refractivity contribution in [2.45, 2.75) is 94.6 Å². The fourth-order valence-corrected chi connectivity index (χ4v) is 10.2. The lowest BCUT2D eigenvalue weighted by molar-refractivity contribution is -0.0567. The standard InChI is InChI=1S/C27H24O7.C25H23N5O5.C11H15N5O3/c1-18-23(33-26(29)20-13-7-3-8-14-20)24(34-27(30)21-15-9-4-10-16-21)22(32-18)17-31-25(28)19-11-5-2-6-12-19;1-15-20(35-25(32)17-10-6-3-7-11-17)18(12-33-24(31)16-8-4-2-5-9-16)34-23(15)30-14-29-19-21(26)27-13-28-22(19)30;1-2-5-7(17)8(18)11(19-5)16-4-15-6-9(12)13-3-14-10(6)16/h2-16,18,22-24H,17H2,1H3;2-11,13-15,18,20,23H,12H2,1H3,(H2,26,27,28);3-5,7-8,11,17-18H,2H2,1H3,(H2,12,13,14)/t18-,22+,23?,24-;15?,18-,20-,23-;5-,7+,8?,11-/m100/s1. The van der Waals surface area contributed by atoms with Crippen LogP contribution < -0.4 is 11.5 Å². The molecule has 3 aliphatic heterocycles. The summed E-state index contributed by atoms with van der Waals surface area (Å²) in [5.41, 5.74) is 15.4. The summed E-state index contributed by atoms with van der Waals surface area (Å²) in [6.07, 6.45) is -2.04. The highest BCUT2D eigenvalue weighted by Gasteiger charge is 2.49. The highest BCUT2D eigenvalue weighted by Crippen LogP contribution is 2.39. The van der Waals surface area contributed by atoms with E-state index in [2.05, 4.69) is 29.9 Å². The molecule has 0 bridgehead atoms. The Balaban J connectivity index is 0.000000152. The van der Waals surface area contributed by atoms with Gasteiger partial charge in [0.05, 0.1) is 52.7 Å². The Morgan fingerprint density at radius 2 is 0.818 bits per heavy atom. The number of aliphatic hydroxyl groups excluding tert-OH is 2. The van der Waals surface area contributed by atoms with Crippen molar-refractivity contribution in [2.75, 3.05) is 24.7 Å². The number of nitrogens with zero attached hydrogens (tertiary/aromatic N) is 8. The summed E-state index contributed by atoms with van der Waals surface area (Å²) in [5, 5.41) is 19.9. The third-order valence-corrected chi connectivity index (χ3v) is 14.8. The molecule has 6 N–H and O–H groups in total. The van der Waals surface area contributed by atoms with Crippen molar-refractivity contribution in [1.82, 2.24) is 39.0 Å². The third-order valence-electron chi connectivity index (χ3n) is 14.8. The molecule has 4 aromatic heterocycles.